The highest BCUT2D eigenvalue weighted by atomic mass is 35.5. The number of phenols is 1. The molecule has 3 aromatic rings. The summed E-state index contributed by atoms with van der Waals surface area (Å²) in [5.41, 5.74) is 1.20. The number of benzene rings is 1. The minimum atomic E-state index is -0.812. The minimum absolute atomic E-state index is 0.00213. The van der Waals surface area contributed by atoms with Crippen LogP contribution < -0.4 is 10.6 Å². The van der Waals surface area contributed by atoms with Gasteiger partial charge in [0.2, 0.25) is 5.95 Å². The predicted molar refractivity (Wildman–Crippen MR) is 115 cm³/mol. The van der Waals surface area contributed by atoms with Crippen LogP contribution >= 0.6 is 11.6 Å². The van der Waals surface area contributed by atoms with Crippen molar-refractivity contribution in [3.63, 3.8) is 0 Å². The van der Waals surface area contributed by atoms with E-state index in [4.69, 9.17) is 11.6 Å². The summed E-state index contributed by atoms with van der Waals surface area (Å²) in [6.45, 7) is 9.11. The number of aliphatic hydroxyl groups is 1. The van der Waals surface area contributed by atoms with Crippen molar-refractivity contribution in [3.8, 4) is 5.75 Å². The molecule has 2 heterocycles. The van der Waals surface area contributed by atoms with Crippen molar-refractivity contribution in [2.45, 2.75) is 46.4 Å². The average Bonchev–Trinajstić information content (AvgIpc) is 3.09. The summed E-state index contributed by atoms with van der Waals surface area (Å²) in [6, 6.07) is 4.90. The lowest BCUT2D eigenvalue weighted by Crippen LogP contribution is -2.33. The van der Waals surface area contributed by atoms with Crippen LogP contribution in [-0.2, 0) is 13.1 Å². The molecule has 0 aliphatic heterocycles. The summed E-state index contributed by atoms with van der Waals surface area (Å²) in [5, 5.41) is 27.2. The number of aromatic hydroxyl groups is 1. The van der Waals surface area contributed by atoms with Crippen LogP contribution in [0.25, 0.3) is 11.2 Å². The van der Waals surface area contributed by atoms with Crippen molar-refractivity contribution in [2.75, 3.05) is 17.2 Å². The maximum absolute atomic E-state index is 10.2. The lowest BCUT2D eigenvalue weighted by Gasteiger charge is -2.26. The van der Waals surface area contributed by atoms with E-state index in [9.17, 15) is 10.2 Å². The van der Waals surface area contributed by atoms with Crippen molar-refractivity contribution in [3.05, 3.63) is 35.1 Å². The number of imidazole rings is 1. The van der Waals surface area contributed by atoms with Gasteiger partial charge in [0.15, 0.2) is 17.0 Å². The van der Waals surface area contributed by atoms with Crippen molar-refractivity contribution in [2.24, 2.45) is 5.92 Å². The normalized spacial score (nSPS) is 12.9. The van der Waals surface area contributed by atoms with Gasteiger partial charge in [-0.3, -0.25) is 0 Å². The smallest absolute Gasteiger partial charge is 0.226 e. The van der Waals surface area contributed by atoms with Crippen molar-refractivity contribution in [1.29, 1.82) is 0 Å². The predicted octanol–water partition coefficient (Wildman–Crippen LogP) is 3.64. The van der Waals surface area contributed by atoms with Crippen molar-refractivity contribution >= 4 is 34.5 Å². The number of fused-ring (bicyclic) bond motifs is 1. The molecule has 2 aromatic heterocycles. The number of halogens is 1. The van der Waals surface area contributed by atoms with E-state index in [0.29, 0.717) is 46.6 Å². The SMILES string of the molecule is CCn1cnc2c(NCc3cc(Cl)ccc3O)nc(NCC(C)C(C)(C)O)nc21. The largest absolute Gasteiger partial charge is 0.508 e. The quantitative estimate of drug-likeness (QED) is 0.442. The van der Waals surface area contributed by atoms with Crippen LogP contribution in [0.5, 0.6) is 5.75 Å². The number of rotatable bonds is 8. The first kappa shape index (κ1) is 21.1. The number of aromatic nitrogens is 4. The monoisotopic (exact) mass is 418 g/mol. The van der Waals surface area contributed by atoms with E-state index in [1.54, 1.807) is 38.4 Å². The molecule has 0 radical (unpaired) electrons. The fraction of sp³-hybridized carbons (Fsp3) is 0.450. The Bertz CT molecular complexity index is 999. The second kappa shape index (κ2) is 8.42. The van der Waals surface area contributed by atoms with Gasteiger partial charge in [0, 0.05) is 36.1 Å². The van der Waals surface area contributed by atoms with Crippen molar-refractivity contribution < 1.29 is 10.2 Å². The second-order valence-corrected chi connectivity index (χ2v) is 8.10. The van der Waals surface area contributed by atoms with Crippen LogP contribution in [0.4, 0.5) is 11.8 Å². The molecule has 4 N–H and O–H groups in total. The third-order valence-electron chi connectivity index (χ3n) is 5.06. The Morgan fingerprint density at radius 1 is 1.24 bits per heavy atom. The van der Waals surface area contributed by atoms with Gasteiger partial charge in [0.05, 0.1) is 11.9 Å². The molecule has 0 spiro atoms. The molecule has 156 valence electrons. The van der Waals surface area contributed by atoms with E-state index in [-0.39, 0.29) is 11.7 Å². The molecular formula is C20H27ClN6O2. The Morgan fingerprint density at radius 2 is 2.00 bits per heavy atom. The molecule has 0 aliphatic rings. The molecule has 0 aliphatic carbocycles. The molecule has 0 saturated heterocycles. The molecule has 0 amide bonds. The Morgan fingerprint density at radius 3 is 2.69 bits per heavy atom. The van der Waals surface area contributed by atoms with E-state index in [0.717, 1.165) is 6.54 Å². The number of aryl methyl sites for hydroxylation is 1. The number of nitrogens with one attached hydrogen (secondary N) is 2. The fourth-order valence-corrected chi connectivity index (χ4v) is 2.94. The molecule has 1 aromatic carbocycles. The average molecular weight is 419 g/mol. The third-order valence-corrected chi connectivity index (χ3v) is 5.30. The molecular weight excluding hydrogens is 392 g/mol. The number of hydrogen-bond acceptors (Lipinski definition) is 7. The molecule has 29 heavy (non-hydrogen) atoms. The Balaban J connectivity index is 1.88. The van der Waals surface area contributed by atoms with Gasteiger partial charge < -0.3 is 25.4 Å². The molecule has 1 unspecified atom stereocenters. The van der Waals surface area contributed by atoms with Gasteiger partial charge in [0.1, 0.15) is 5.75 Å². The van der Waals surface area contributed by atoms with Crippen LogP contribution in [0.2, 0.25) is 5.02 Å². The first-order valence-corrected chi connectivity index (χ1v) is 9.97. The van der Waals surface area contributed by atoms with E-state index in [1.807, 2.05) is 18.4 Å². The topological polar surface area (TPSA) is 108 Å². The molecule has 1 atom stereocenters. The minimum Gasteiger partial charge on any atom is -0.508 e. The Hall–Kier alpha value is -2.58. The standard InChI is InChI=1S/C20H27ClN6O2/c1-5-27-11-24-16-17(22-10-13-8-14(21)6-7-15(13)28)25-19(26-18(16)27)23-9-12(2)20(3,4)29/h6-8,11-12,28-29H,5,9-10H2,1-4H3,(H2,22,23,25,26). The Labute approximate surface area is 175 Å². The van der Waals surface area contributed by atoms with E-state index in [2.05, 4.69) is 25.6 Å². The zero-order valence-electron chi connectivity index (χ0n) is 17.1. The number of phenolic OH excluding ortho intramolecular Hbond substituents is 1. The van der Waals surface area contributed by atoms with Gasteiger partial charge in [-0.1, -0.05) is 18.5 Å². The molecule has 8 nitrogen and oxygen atoms in total. The summed E-state index contributed by atoms with van der Waals surface area (Å²) >= 11 is 6.04. The molecule has 0 fully saturated rings. The third kappa shape index (κ3) is 4.89. The molecule has 9 heteroatoms. The number of hydrogen-bond donors (Lipinski definition) is 4. The zero-order chi connectivity index (χ0) is 21.2. The summed E-state index contributed by atoms with van der Waals surface area (Å²) in [6.07, 6.45) is 1.73. The van der Waals surface area contributed by atoms with E-state index in [1.165, 1.54) is 0 Å². The van der Waals surface area contributed by atoms with Gasteiger partial charge in [-0.25, -0.2) is 4.98 Å². The van der Waals surface area contributed by atoms with Gasteiger partial charge >= 0.3 is 0 Å². The van der Waals surface area contributed by atoms with Gasteiger partial charge in [-0.05, 0) is 39.0 Å². The summed E-state index contributed by atoms with van der Waals surface area (Å²) < 4.78 is 1.93. The van der Waals surface area contributed by atoms with Crippen LogP contribution in [-0.4, -0.2) is 41.9 Å². The number of anilines is 2. The lowest BCUT2D eigenvalue weighted by molar-refractivity contribution is 0.0303. The number of nitrogens with zero attached hydrogens (tertiary/aromatic N) is 4. The van der Waals surface area contributed by atoms with Crippen LogP contribution in [0, 0.1) is 5.92 Å². The highest BCUT2D eigenvalue weighted by Gasteiger charge is 2.22. The molecule has 0 saturated carbocycles. The maximum atomic E-state index is 10.2. The molecule has 0 bridgehead atoms. The fourth-order valence-electron chi connectivity index (χ4n) is 2.75. The first-order chi connectivity index (χ1) is 13.7. The Kier molecular flexibility index (Phi) is 6.14. The van der Waals surface area contributed by atoms with E-state index >= 15 is 0 Å². The highest BCUT2D eigenvalue weighted by Crippen LogP contribution is 2.25. The second-order valence-electron chi connectivity index (χ2n) is 7.66. The van der Waals surface area contributed by atoms with Crippen LogP contribution in [0.15, 0.2) is 24.5 Å². The van der Waals surface area contributed by atoms with E-state index < -0.39 is 5.60 Å². The van der Waals surface area contributed by atoms with Crippen LogP contribution in [0.1, 0.15) is 33.3 Å². The first-order valence-electron chi connectivity index (χ1n) is 9.59. The summed E-state index contributed by atoms with van der Waals surface area (Å²) in [4.78, 5) is 13.6. The molecule has 3 rings (SSSR count). The van der Waals surface area contributed by atoms with Gasteiger partial charge in [-0.15, -0.1) is 0 Å². The zero-order valence-corrected chi connectivity index (χ0v) is 17.8. The van der Waals surface area contributed by atoms with Crippen LogP contribution in [0.3, 0.4) is 0 Å². The van der Waals surface area contributed by atoms with Crippen molar-refractivity contribution in [1.82, 2.24) is 19.5 Å². The van der Waals surface area contributed by atoms with Gasteiger partial charge in [-0.2, -0.15) is 9.97 Å². The summed E-state index contributed by atoms with van der Waals surface area (Å²) in [5.74, 6) is 1.16. The lowest BCUT2D eigenvalue weighted by atomic mass is 9.93. The summed E-state index contributed by atoms with van der Waals surface area (Å²) in [7, 11) is 0. The van der Waals surface area contributed by atoms with Gasteiger partial charge in [0.25, 0.3) is 0 Å². The highest BCUT2D eigenvalue weighted by molar-refractivity contribution is 6.30. The maximum Gasteiger partial charge on any atom is 0.226 e.